The van der Waals surface area contributed by atoms with Crippen LogP contribution in [0.5, 0.6) is 11.8 Å². The van der Waals surface area contributed by atoms with Crippen LogP contribution < -0.4 is 9.64 Å². The molecule has 15 heavy (non-hydrogen) atoms. The van der Waals surface area contributed by atoms with Crippen molar-refractivity contribution in [2.45, 2.75) is 20.8 Å². The molecule has 1 heterocycles. The van der Waals surface area contributed by atoms with Gasteiger partial charge in [-0.25, -0.2) is 0 Å². The summed E-state index contributed by atoms with van der Waals surface area (Å²) in [5.74, 6) is 0.853. The maximum absolute atomic E-state index is 9.40. The largest absolute Gasteiger partial charge is 0.493 e. The minimum Gasteiger partial charge on any atom is -0.493 e. The smallest absolute Gasteiger partial charge is 0.231 e. The molecular weight excluding hydrogens is 194 g/mol. The fraction of sp³-hybridized carbons (Fsp3) is 0.600. The molecule has 0 aromatic carbocycles. The van der Waals surface area contributed by atoms with E-state index >= 15 is 0 Å². The van der Waals surface area contributed by atoms with E-state index in [9.17, 15) is 5.11 Å². The summed E-state index contributed by atoms with van der Waals surface area (Å²) in [6, 6.07) is 1.41. The van der Waals surface area contributed by atoms with E-state index < -0.39 is 0 Å². The van der Waals surface area contributed by atoms with Crippen molar-refractivity contribution >= 4 is 5.95 Å². The first kappa shape index (κ1) is 11.6. The van der Waals surface area contributed by atoms with Crippen LogP contribution in [0.2, 0.25) is 0 Å². The minimum absolute atomic E-state index is 0.0599. The van der Waals surface area contributed by atoms with Gasteiger partial charge in [-0.3, -0.25) is 0 Å². The van der Waals surface area contributed by atoms with Crippen LogP contribution in [0.4, 0.5) is 5.95 Å². The Morgan fingerprint density at radius 2 is 1.93 bits per heavy atom. The van der Waals surface area contributed by atoms with E-state index in [0.717, 1.165) is 13.1 Å². The summed E-state index contributed by atoms with van der Waals surface area (Å²) in [7, 11) is 0. The van der Waals surface area contributed by atoms with Crippen LogP contribution in [0.3, 0.4) is 0 Å². The van der Waals surface area contributed by atoms with E-state index in [0.29, 0.717) is 18.4 Å². The molecule has 1 aromatic heterocycles. The number of aromatic nitrogens is 2. The summed E-state index contributed by atoms with van der Waals surface area (Å²) in [5, 5.41) is 9.40. The fourth-order valence-corrected chi connectivity index (χ4v) is 1.27. The number of aromatic hydroxyl groups is 1. The number of hydrogen-bond acceptors (Lipinski definition) is 5. The van der Waals surface area contributed by atoms with Gasteiger partial charge in [0.05, 0.1) is 12.7 Å². The van der Waals surface area contributed by atoms with E-state index in [1.54, 1.807) is 0 Å². The fourth-order valence-electron chi connectivity index (χ4n) is 1.27. The zero-order chi connectivity index (χ0) is 11.3. The topological polar surface area (TPSA) is 58.5 Å². The molecule has 5 heteroatoms. The molecule has 0 radical (unpaired) electrons. The molecule has 1 rings (SSSR count). The van der Waals surface area contributed by atoms with Crippen molar-refractivity contribution in [3.05, 3.63) is 6.07 Å². The Balaban J connectivity index is 2.96. The van der Waals surface area contributed by atoms with E-state index in [-0.39, 0.29) is 5.88 Å². The van der Waals surface area contributed by atoms with Crippen molar-refractivity contribution in [3.8, 4) is 11.8 Å². The van der Waals surface area contributed by atoms with Gasteiger partial charge in [-0.05, 0) is 20.8 Å². The highest BCUT2D eigenvalue weighted by atomic mass is 16.5. The lowest BCUT2D eigenvalue weighted by Crippen LogP contribution is -2.24. The lowest BCUT2D eigenvalue weighted by Gasteiger charge is -2.18. The van der Waals surface area contributed by atoms with E-state index in [4.69, 9.17) is 4.74 Å². The molecule has 0 aliphatic rings. The van der Waals surface area contributed by atoms with Crippen molar-refractivity contribution in [3.63, 3.8) is 0 Å². The number of anilines is 1. The maximum atomic E-state index is 9.40. The standard InChI is InChI=1S/C10H17N3O2/c1-4-13(5-2)10-11-8(14)7-9(12-10)15-6-3/h7H,4-6H2,1-3H3,(H,11,12,14). The van der Waals surface area contributed by atoms with Crippen LogP contribution >= 0.6 is 0 Å². The average Bonchev–Trinajstić information content (AvgIpc) is 2.19. The van der Waals surface area contributed by atoms with Crippen LogP contribution in [0.15, 0.2) is 6.07 Å². The molecular formula is C10H17N3O2. The molecule has 0 unspecified atom stereocenters. The third-order valence-corrected chi connectivity index (χ3v) is 2.02. The molecule has 1 aromatic rings. The van der Waals surface area contributed by atoms with Gasteiger partial charge in [0.2, 0.25) is 17.7 Å². The Morgan fingerprint density at radius 3 is 2.47 bits per heavy atom. The van der Waals surface area contributed by atoms with Gasteiger partial charge in [-0.1, -0.05) is 0 Å². The number of rotatable bonds is 5. The molecule has 0 aliphatic carbocycles. The highest BCUT2D eigenvalue weighted by Crippen LogP contribution is 2.19. The predicted molar refractivity (Wildman–Crippen MR) is 58.4 cm³/mol. The minimum atomic E-state index is -0.0599. The molecule has 0 saturated carbocycles. The summed E-state index contributed by atoms with van der Waals surface area (Å²) >= 11 is 0. The third-order valence-electron chi connectivity index (χ3n) is 2.02. The monoisotopic (exact) mass is 211 g/mol. The van der Waals surface area contributed by atoms with Crippen LogP contribution in [0.1, 0.15) is 20.8 Å². The molecule has 0 saturated heterocycles. The SMILES string of the molecule is CCOc1cc(O)nc(N(CC)CC)n1. The zero-order valence-corrected chi connectivity index (χ0v) is 9.40. The molecule has 0 fully saturated rings. The average molecular weight is 211 g/mol. The maximum Gasteiger partial charge on any atom is 0.231 e. The zero-order valence-electron chi connectivity index (χ0n) is 9.40. The summed E-state index contributed by atoms with van der Waals surface area (Å²) in [6.07, 6.45) is 0. The van der Waals surface area contributed by atoms with Crippen LogP contribution in [0.25, 0.3) is 0 Å². The van der Waals surface area contributed by atoms with E-state index in [2.05, 4.69) is 9.97 Å². The molecule has 84 valence electrons. The Hall–Kier alpha value is -1.52. The molecule has 5 nitrogen and oxygen atoms in total. The quantitative estimate of drug-likeness (QED) is 0.798. The van der Waals surface area contributed by atoms with Crippen molar-refractivity contribution in [1.29, 1.82) is 0 Å². The summed E-state index contributed by atoms with van der Waals surface area (Å²) < 4.78 is 5.23. The normalized spacial score (nSPS) is 10.1. The van der Waals surface area contributed by atoms with Gasteiger partial charge in [0, 0.05) is 13.1 Å². The second kappa shape index (κ2) is 5.38. The van der Waals surface area contributed by atoms with Crippen molar-refractivity contribution in [2.24, 2.45) is 0 Å². The van der Waals surface area contributed by atoms with Gasteiger partial charge in [-0.15, -0.1) is 0 Å². The molecule has 0 spiro atoms. The number of nitrogens with zero attached hydrogens (tertiary/aromatic N) is 3. The van der Waals surface area contributed by atoms with E-state index in [1.807, 2.05) is 25.7 Å². The molecule has 0 amide bonds. The molecule has 0 atom stereocenters. The highest BCUT2D eigenvalue weighted by molar-refractivity contribution is 5.35. The van der Waals surface area contributed by atoms with Crippen molar-refractivity contribution in [1.82, 2.24) is 9.97 Å². The second-order valence-electron chi connectivity index (χ2n) is 2.97. The first-order valence-corrected chi connectivity index (χ1v) is 5.17. The summed E-state index contributed by atoms with van der Waals surface area (Å²) in [4.78, 5) is 10.1. The Bertz CT molecular complexity index is 314. The summed E-state index contributed by atoms with van der Waals surface area (Å²) in [6.45, 7) is 8.01. The Kier molecular flexibility index (Phi) is 4.15. The van der Waals surface area contributed by atoms with Crippen LogP contribution in [-0.2, 0) is 0 Å². The van der Waals surface area contributed by atoms with Crippen molar-refractivity contribution < 1.29 is 9.84 Å². The summed E-state index contributed by atoms with van der Waals surface area (Å²) in [5.41, 5.74) is 0. The Labute approximate surface area is 89.7 Å². The van der Waals surface area contributed by atoms with Gasteiger partial charge < -0.3 is 14.7 Å². The van der Waals surface area contributed by atoms with Gasteiger partial charge in [-0.2, -0.15) is 9.97 Å². The van der Waals surface area contributed by atoms with Gasteiger partial charge in [0.15, 0.2) is 0 Å². The number of hydrogen-bond donors (Lipinski definition) is 1. The molecule has 0 bridgehead atoms. The highest BCUT2D eigenvalue weighted by Gasteiger charge is 2.09. The van der Waals surface area contributed by atoms with Gasteiger partial charge in [0.1, 0.15) is 0 Å². The van der Waals surface area contributed by atoms with Crippen molar-refractivity contribution in [2.75, 3.05) is 24.6 Å². The second-order valence-corrected chi connectivity index (χ2v) is 2.97. The first-order valence-electron chi connectivity index (χ1n) is 5.17. The molecule has 1 N–H and O–H groups in total. The van der Waals surface area contributed by atoms with Crippen LogP contribution in [0, 0.1) is 0 Å². The van der Waals surface area contributed by atoms with Gasteiger partial charge >= 0.3 is 0 Å². The lowest BCUT2D eigenvalue weighted by atomic mass is 10.5. The Morgan fingerprint density at radius 1 is 1.27 bits per heavy atom. The van der Waals surface area contributed by atoms with E-state index in [1.165, 1.54) is 6.07 Å². The predicted octanol–water partition coefficient (Wildman–Crippen LogP) is 1.43. The number of ether oxygens (including phenoxy) is 1. The lowest BCUT2D eigenvalue weighted by molar-refractivity contribution is 0.322. The van der Waals surface area contributed by atoms with Crippen LogP contribution in [-0.4, -0.2) is 34.8 Å². The van der Waals surface area contributed by atoms with Gasteiger partial charge in [0.25, 0.3) is 0 Å². The first-order chi connectivity index (χ1) is 7.21. The third kappa shape index (κ3) is 2.97. The molecule has 0 aliphatic heterocycles.